The van der Waals surface area contributed by atoms with E-state index in [9.17, 15) is 4.79 Å². The van der Waals surface area contributed by atoms with E-state index >= 15 is 0 Å². The van der Waals surface area contributed by atoms with Gasteiger partial charge in [-0.1, -0.05) is 17.8 Å². The predicted octanol–water partition coefficient (Wildman–Crippen LogP) is 2.38. The quantitative estimate of drug-likeness (QED) is 0.353. The lowest BCUT2D eigenvalue weighted by Gasteiger charge is -2.09. The summed E-state index contributed by atoms with van der Waals surface area (Å²) in [6.45, 7) is 4.80. The molecule has 0 aliphatic carbocycles. The van der Waals surface area contributed by atoms with Gasteiger partial charge in [0.15, 0.2) is 5.16 Å². The number of ether oxygens (including phenoxy) is 1. The molecule has 96 valence electrons. The first kappa shape index (κ1) is 13.3. The highest BCUT2D eigenvalue weighted by molar-refractivity contribution is 7.99. The number of aromatic nitrogens is 2. The molecule has 0 fully saturated rings. The van der Waals surface area contributed by atoms with Gasteiger partial charge in [0.2, 0.25) is 0 Å². The molecule has 0 aromatic carbocycles. The predicted molar refractivity (Wildman–Crippen MR) is 76.7 cm³/mol. The van der Waals surface area contributed by atoms with Crippen molar-refractivity contribution in [3.8, 4) is 0 Å². The lowest BCUT2D eigenvalue weighted by Crippen LogP contribution is -2.22. The molecule has 0 N–H and O–H groups in total. The molecule has 0 atom stereocenters. The number of nitrogens with zero attached hydrogens (tertiary/aromatic N) is 2. The molecule has 0 saturated heterocycles. The Balaban J connectivity index is 2.44. The highest BCUT2D eigenvalue weighted by Crippen LogP contribution is 2.20. The number of allylic oxidation sites excluding steroid dienone is 1. The fraction of sp³-hybridized carbons (Fsp3) is 0.333. The van der Waals surface area contributed by atoms with Crippen LogP contribution in [0.5, 0.6) is 0 Å². The highest BCUT2D eigenvalue weighted by atomic mass is 32.2. The maximum Gasteiger partial charge on any atom is 0.263 e. The normalized spacial score (nSPS) is 10.9. The Labute approximate surface area is 113 Å². The van der Waals surface area contributed by atoms with E-state index in [-0.39, 0.29) is 5.56 Å². The van der Waals surface area contributed by atoms with E-state index in [4.69, 9.17) is 4.74 Å². The van der Waals surface area contributed by atoms with Gasteiger partial charge in [-0.3, -0.25) is 9.36 Å². The summed E-state index contributed by atoms with van der Waals surface area (Å²) >= 11 is 3.02. The van der Waals surface area contributed by atoms with Crippen LogP contribution in [0.3, 0.4) is 0 Å². The molecule has 0 saturated carbocycles. The lowest BCUT2D eigenvalue weighted by atomic mass is 10.4. The molecular formula is C12H14N2O2S2. The minimum Gasteiger partial charge on any atom is -0.384 e. The van der Waals surface area contributed by atoms with Gasteiger partial charge in [0, 0.05) is 19.4 Å². The molecule has 0 bridgehead atoms. The number of hydrogen-bond donors (Lipinski definition) is 0. The lowest BCUT2D eigenvalue weighted by molar-refractivity contribution is 0.218. The van der Waals surface area contributed by atoms with Crippen LogP contribution < -0.4 is 5.56 Å². The van der Waals surface area contributed by atoms with Crippen LogP contribution in [0.4, 0.5) is 0 Å². The van der Waals surface area contributed by atoms with Gasteiger partial charge in [-0.2, -0.15) is 0 Å². The van der Waals surface area contributed by atoms with Gasteiger partial charge >= 0.3 is 0 Å². The Bertz CT molecular complexity index is 604. The first-order valence-electron chi connectivity index (χ1n) is 5.48. The monoisotopic (exact) mass is 282 g/mol. The van der Waals surface area contributed by atoms with Gasteiger partial charge in [-0.15, -0.1) is 17.9 Å². The van der Waals surface area contributed by atoms with Crippen molar-refractivity contribution in [2.45, 2.75) is 11.7 Å². The third kappa shape index (κ3) is 2.66. The van der Waals surface area contributed by atoms with Crippen molar-refractivity contribution >= 4 is 33.3 Å². The minimum absolute atomic E-state index is 0.000988. The van der Waals surface area contributed by atoms with E-state index in [0.29, 0.717) is 18.5 Å². The summed E-state index contributed by atoms with van der Waals surface area (Å²) in [5.41, 5.74) is 0.000988. The number of hydrogen-bond acceptors (Lipinski definition) is 5. The Hall–Kier alpha value is -1.11. The fourth-order valence-corrected chi connectivity index (χ4v) is 3.26. The summed E-state index contributed by atoms with van der Waals surface area (Å²) in [4.78, 5) is 17.6. The Morgan fingerprint density at radius 1 is 1.67 bits per heavy atom. The standard InChI is InChI=1S/C12H14N2O2S2/c1-3-5-14-11(15)9-4-7-17-10(9)13-12(14)18-8-6-16-2/h3-4,7H,1,5-6,8H2,2H3. The van der Waals surface area contributed by atoms with E-state index in [2.05, 4.69) is 11.6 Å². The summed E-state index contributed by atoms with van der Waals surface area (Å²) in [6, 6.07) is 1.82. The van der Waals surface area contributed by atoms with Crippen molar-refractivity contribution in [3.05, 3.63) is 34.5 Å². The van der Waals surface area contributed by atoms with Crippen LogP contribution in [0.2, 0.25) is 0 Å². The van der Waals surface area contributed by atoms with Crippen LogP contribution in [-0.2, 0) is 11.3 Å². The zero-order valence-electron chi connectivity index (χ0n) is 10.1. The Kier molecular flexibility index (Phi) is 4.57. The van der Waals surface area contributed by atoms with Crippen LogP contribution in [-0.4, -0.2) is 29.0 Å². The Morgan fingerprint density at radius 3 is 3.22 bits per heavy atom. The molecule has 18 heavy (non-hydrogen) atoms. The number of fused-ring (bicyclic) bond motifs is 1. The third-order valence-corrected chi connectivity index (χ3v) is 4.13. The SMILES string of the molecule is C=CCn1c(SCCOC)nc2sccc2c1=O. The molecule has 2 rings (SSSR count). The van der Waals surface area contributed by atoms with Crippen molar-refractivity contribution in [2.75, 3.05) is 19.5 Å². The second-order valence-electron chi connectivity index (χ2n) is 3.58. The molecule has 0 radical (unpaired) electrons. The minimum atomic E-state index is 0.000988. The van der Waals surface area contributed by atoms with Crippen molar-refractivity contribution in [1.29, 1.82) is 0 Å². The van der Waals surface area contributed by atoms with Crippen molar-refractivity contribution in [3.63, 3.8) is 0 Å². The third-order valence-electron chi connectivity index (χ3n) is 2.38. The first-order valence-corrected chi connectivity index (χ1v) is 7.35. The molecule has 0 amide bonds. The number of thioether (sulfide) groups is 1. The van der Waals surface area contributed by atoms with Crippen LogP contribution in [0.1, 0.15) is 0 Å². The second kappa shape index (κ2) is 6.17. The maximum absolute atomic E-state index is 12.3. The number of rotatable bonds is 6. The topological polar surface area (TPSA) is 44.1 Å². The molecular weight excluding hydrogens is 268 g/mol. The van der Waals surface area contributed by atoms with E-state index in [1.807, 2.05) is 11.4 Å². The van der Waals surface area contributed by atoms with Gasteiger partial charge in [-0.25, -0.2) is 4.98 Å². The molecule has 0 aliphatic heterocycles. The summed E-state index contributed by atoms with van der Waals surface area (Å²) in [5, 5.41) is 3.30. The summed E-state index contributed by atoms with van der Waals surface area (Å²) in [5.74, 6) is 0.775. The van der Waals surface area contributed by atoms with Crippen molar-refractivity contribution in [2.24, 2.45) is 0 Å². The van der Waals surface area contributed by atoms with E-state index in [1.54, 1.807) is 17.8 Å². The van der Waals surface area contributed by atoms with Gasteiger partial charge in [0.1, 0.15) is 4.83 Å². The number of methoxy groups -OCH3 is 1. The zero-order valence-corrected chi connectivity index (χ0v) is 11.7. The van der Waals surface area contributed by atoms with Crippen LogP contribution in [0.25, 0.3) is 10.2 Å². The van der Waals surface area contributed by atoms with Crippen LogP contribution >= 0.6 is 23.1 Å². The number of thiophene rings is 1. The molecule has 4 nitrogen and oxygen atoms in total. The van der Waals surface area contributed by atoms with Gasteiger partial charge in [-0.05, 0) is 11.4 Å². The van der Waals surface area contributed by atoms with Crippen molar-refractivity contribution in [1.82, 2.24) is 9.55 Å². The molecule has 6 heteroatoms. The maximum atomic E-state index is 12.3. The van der Waals surface area contributed by atoms with E-state index in [0.717, 1.165) is 15.7 Å². The van der Waals surface area contributed by atoms with E-state index in [1.165, 1.54) is 23.1 Å². The zero-order chi connectivity index (χ0) is 13.0. The molecule has 2 heterocycles. The van der Waals surface area contributed by atoms with E-state index < -0.39 is 0 Å². The first-order chi connectivity index (χ1) is 8.77. The molecule has 0 aliphatic rings. The average Bonchev–Trinajstić information content (AvgIpc) is 2.82. The largest absolute Gasteiger partial charge is 0.384 e. The van der Waals surface area contributed by atoms with Gasteiger partial charge in [0.05, 0.1) is 12.0 Å². The van der Waals surface area contributed by atoms with Gasteiger partial charge < -0.3 is 4.74 Å². The molecule has 2 aromatic rings. The second-order valence-corrected chi connectivity index (χ2v) is 5.54. The highest BCUT2D eigenvalue weighted by Gasteiger charge is 2.11. The van der Waals surface area contributed by atoms with Crippen LogP contribution in [0, 0.1) is 0 Å². The smallest absolute Gasteiger partial charge is 0.263 e. The summed E-state index contributed by atoms with van der Waals surface area (Å²) in [6.07, 6.45) is 1.71. The van der Waals surface area contributed by atoms with Crippen LogP contribution in [0.15, 0.2) is 34.1 Å². The summed E-state index contributed by atoms with van der Waals surface area (Å²) < 4.78 is 6.67. The Morgan fingerprint density at radius 2 is 2.50 bits per heavy atom. The summed E-state index contributed by atoms with van der Waals surface area (Å²) in [7, 11) is 1.66. The molecule has 0 spiro atoms. The average molecular weight is 282 g/mol. The molecule has 2 aromatic heterocycles. The molecule has 0 unspecified atom stereocenters. The van der Waals surface area contributed by atoms with Gasteiger partial charge in [0.25, 0.3) is 5.56 Å². The fourth-order valence-electron chi connectivity index (χ4n) is 1.55. The van der Waals surface area contributed by atoms with Crippen molar-refractivity contribution < 1.29 is 4.74 Å².